The van der Waals surface area contributed by atoms with Gasteiger partial charge >= 0.3 is 0 Å². The van der Waals surface area contributed by atoms with Gasteiger partial charge in [0.15, 0.2) is 0 Å². The first-order chi connectivity index (χ1) is 10.7. The number of nitrogens with one attached hydrogen (secondary N) is 1. The van der Waals surface area contributed by atoms with Crippen molar-refractivity contribution in [2.24, 2.45) is 4.99 Å². The molecule has 22 heavy (non-hydrogen) atoms. The van der Waals surface area contributed by atoms with E-state index in [9.17, 15) is 4.79 Å². The molecule has 120 valence electrons. The molecule has 1 amide bonds. The normalized spacial score (nSPS) is 18.1. The number of hydrogen-bond donors (Lipinski definition) is 1. The Morgan fingerprint density at radius 2 is 2.36 bits per heavy atom. The number of methoxy groups -OCH3 is 1. The molecule has 1 fully saturated rings. The van der Waals surface area contributed by atoms with Crippen LogP contribution >= 0.6 is 0 Å². The fourth-order valence-corrected chi connectivity index (χ4v) is 2.16. The zero-order valence-corrected chi connectivity index (χ0v) is 13.0. The summed E-state index contributed by atoms with van der Waals surface area (Å²) in [5.41, 5.74) is 0.490. The lowest BCUT2D eigenvalue weighted by Gasteiger charge is -2.11. The molecule has 0 spiro atoms. The van der Waals surface area contributed by atoms with Crippen LogP contribution in [0.25, 0.3) is 0 Å². The Kier molecular flexibility index (Phi) is 6.21. The molecule has 1 aliphatic rings. The SMILES string of the molecule is CCOC(=NCC1CCCO1)NC(=O)c1cccc(OC)c1. The molecule has 1 atom stereocenters. The van der Waals surface area contributed by atoms with Gasteiger partial charge in [-0.05, 0) is 38.0 Å². The van der Waals surface area contributed by atoms with Crippen molar-refractivity contribution in [2.75, 3.05) is 26.9 Å². The van der Waals surface area contributed by atoms with Gasteiger partial charge in [0.05, 0.1) is 26.4 Å². The Labute approximate surface area is 130 Å². The van der Waals surface area contributed by atoms with Crippen LogP contribution in [-0.4, -0.2) is 44.9 Å². The summed E-state index contributed by atoms with van der Waals surface area (Å²) in [7, 11) is 1.56. The molecule has 1 aromatic rings. The predicted molar refractivity (Wildman–Crippen MR) is 83.4 cm³/mol. The lowest BCUT2D eigenvalue weighted by molar-refractivity contribution is 0.0963. The van der Waals surface area contributed by atoms with E-state index in [2.05, 4.69) is 10.3 Å². The van der Waals surface area contributed by atoms with Gasteiger partial charge in [-0.2, -0.15) is 0 Å². The molecule has 1 heterocycles. The van der Waals surface area contributed by atoms with Crippen molar-refractivity contribution in [3.05, 3.63) is 29.8 Å². The van der Waals surface area contributed by atoms with Gasteiger partial charge in [-0.15, -0.1) is 0 Å². The summed E-state index contributed by atoms with van der Waals surface area (Å²) in [6.07, 6.45) is 2.16. The molecule has 0 aromatic heterocycles. The number of rotatable bonds is 5. The van der Waals surface area contributed by atoms with E-state index in [0.717, 1.165) is 19.4 Å². The Balaban J connectivity index is 1.99. The number of carbonyl (C=O) groups is 1. The minimum atomic E-state index is -0.279. The maximum Gasteiger partial charge on any atom is 0.291 e. The van der Waals surface area contributed by atoms with Gasteiger partial charge in [0.25, 0.3) is 11.9 Å². The fraction of sp³-hybridized carbons (Fsp3) is 0.500. The van der Waals surface area contributed by atoms with Gasteiger partial charge < -0.3 is 14.2 Å². The van der Waals surface area contributed by atoms with Crippen LogP contribution < -0.4 is 10.1 Å². The van der Waals surface area contributed by atoms with Gasteiger partial charge in [0.1, 0.15) is 5.75 Å². The summed E-state index contributed by atoms with van der Waals surface area (Å²) < 4.78 is 16.0. The van der Waals surface area contributed by atoms with E-state index in [0.29, 0.717) is 24.5 Å². The van der Waals surface area contributed by atoms with Crippen molar-refractivity contribution in [2.45, 2.75) is 25.9 Å². The molecule has 0 saturated carbocycles. The molecule has 1 aromatic carbocycles. The molecular formula is C16H22N2O4. The second-order valence-corrected chi connectivity index (χ2v) is 4.90. The highest BCUT2D eigenvalue weighted by Gasteiger charge is 2.16. The first kappa shape index (κ1) is 16.3. The summed E-state index contributed by atoms with van der Waals surface area (Å²) in [6, 6.07) is 7.15. The van der Waals surface area contributed by atoms with Crippen molar-refractivity contribution >= 4 is 11.9 Å². The Hall–Kier alpha value is -2.08. The Morgan fingerprint density at radius 1 is 1.50 bits per heavy atom. The quantitative estimate of drug-likeness (QED) is 0.667. The van der Waals surface area contributed by atoms with Crippen molar-refractivity contribution in [1.82, 2.24) is 5.32 Å². The highest BCUT2D eigenvalue weighted by atomic mass is 16.5. The minimum absolute atomic E-state index is 0.115. The first-order valence-corrected chi connectivity index (χ1v) is 7.47. The molecule has 0 bridgehead atoms. The summed E-state index contributed by atoms with van der Waals surface area (Å²) >= 11 is 0. The van der Waals surface area contributed by atoms with E-state index in [1.165, 1.54) is 0 Å². The first-order valence-electron chi connectivity index (χ1n) is 7.47. The van der Waals surface area contributed by atoms with Gasteiger partial charge in [0.2, 0.25) is 0 Å². The summed E-state index contributed by atoms with van der Waals surface area (Å²) in [4.78, 5) is 16.5. The molecule has 1 saturated heterocycles. The van der Waals surface area contributed by atoms with Crippen LogP contribution in [0.3, 0.4) is 0 Å². The molecule has 1 aliphatic heterocycles. The lowest BCUT2D eigenvalue weighted by Crippen LogP contribution is -2.33. The second-order valence-electron chi connectivity index (χ2n) is 4.90. The van der Waals surface area contributed by atoms with Crippen LogP contribution in [-0.2, 0) is 9.47 Å². The van der Waals surface area contributed by atoms with E-state index in [1.807, 2.05) is 6.92 Å². The number of hydrogen-bond acceptors (Lipinski definition) is 5. The maximum atomic E-state index is 12.2. The highest BCUT2D eigenvalue weighted by Crippen LogP contribution is 2.13. The third kappa shape index (κ3) is 4.73. The van der Waals surface area contributed by atoms with Gasteiger partial charge in [-0.1, -0.05) is 6.07 Å². The molecular weight excluding hydrogens is 284 g/mol. The average molecular weight is 306 g/mol. The standard InChI is InChI=1S/C16H22N2O4/c1-3-21-16(17-11-14-8-5-9-22-14)18-15(19)12-6-4-7-13(10-12)20-2/h4,6-7,10,14H,3,5,8-9,11H2,1-2H3,(H,17,18,19). The van der Waals surface area contributed by atoms with Crippen molar-refractivity contribution in [3.8, 4) is 5.75 Å². The predicted octanol–water partition coefficient (Wildman–Crippen LogP) is 2.00. The Bertz CT molecular complexity index is 525. The average Bonchev–Trinajstić information content (AvgIpc) is 3.06. The molecule has 0 radical (unpaired) electrons. The van der Waals surface area contributed by atoms with Gasteiger partial charge in [-0.25, -0.2) is 4.99 Å². The second kappa shape index (κ2) is 8.38. The number of amides is 1. The highest BCUT2D eigenvalue weighted by molar-refractivity contribution is 6.04. The monoisotopic (exact) mass is 306 g/mol. The zero-order chi connectivity index (χ0) is 15.8. The smallest absolute Gasteiger partial charge is 0.291 e. The molecule has 6 nitrogen and oxygen atoms in total. The number of carbonyl (C=O) groups excluding carboxylic acids is 1. The zero-order valence-electron chi connectivity index (χ0n) is 13.0. The number of benzene rings is 1. The maximum absolute atomic E-state index is 12.2. The number of ether oxygens (including phenoxy) is 3. The van der Waals surface area contributed by atoms with Gasteiger partial charge in [0, 0.05) is 12.2 Å². The number of nitrogens with zero attached hydrogens (tertiary/aromatic N) is 1. The van der Waals surface area contributed by atoms with Crippen LogP contribution in [0.4, 0.5) is 0 Å². The van der Waals surface area contributed by atoms with E-state index < -0.39 is 0 Å². The van der Waals surface area contributed by atoms with Crippen LogP contribution in [0.5, 0.6) is 5.75 Å². The van der Waals surface area contributed by atoms with E-state index in [1.54, 1.807) is 31.4 Å². The molecule has 2 rings (SSSR count). The summed E-state index contributed by atoms with van der Waals surface area (Å²) in [5, 5.41) is 2.69. The van der Waals surface area contributed by atoms with Crippen LogP contribution in [0.2, 0.25) is 0 Å². The molecule has 1 unspecified atom stereocenters. The topological polar surface area (TPSA) is 69.2 Å². The lowest BCUT2D eigenvalue weighted by atomic mass is 10.2. The molecule has 6 heteroatoms. The van der Waals surface area contributed by atoms with Crippen molar-refractivity contribution in [1.29, 1.82) is 0 Å². The Morgan fingerprint density at radius 3 is 3.05 bits per heavy atom. The summed E-state index contributed by atoms with van der Waals surface area (Å²) in [6.45, 7) is 3.55. The van der Waals surface area contributed by atoms with Crippen molar-refractivity contribution in [3.63, 3.8) is 0 Å². The van der Waals surface area contributed by atoms with Crippen molar-refractivity contribution < 1.29 is 19.0 Å². The van der Waals surface area contributed by atoms with Crippen LogP contribution in [0.1, 0.15) is 30.1 Å². The molecule has 0 aliphatic carbocycles. The third-order valence-corrected chi connectivity index (χ3v) is 3.30. The van der Waals surface area contributed by atoms with Crippen LogP contribution in [0, 0.1) is 0 Å². The van der Waals surface area contributed by atoms with Crippen LogP contribution in [0.15, 0.2) is 29.3 Å². The third-order valence-electron chi connectivity index (χ3n) is 3.30. The number of amidine groups is 1. The molecule has 1 N–H and O–H groups in total. The van der Waals surface area contributed by atoms with E-state index >= 15 is 0 Å². The fourth-order valence-electron chi connectivity index (χ4n) is 2.16. The van der Waals surface area contributed by atoms with E-state index in [-0.39, 0.29) is 18.0 Å². The number of aliphatic imine (C=N–C) groups is 1. The largest absolute Gasteiger partial charge is 0.497 e. The minimum Gasteiger partial charge on any atom is -0.497 e. The summed E-state index contributed by atoms with van der Waals surface area (Å²) in [5.74, 6) is 0.348. The van der Waals surface area contributed by atoms with E-state index in [4.69, 9.17) is 14.2 Å². The van der Waals surface area contributed by atoms with Gasteiger partial charge in [-0.3, -0.25) is 10.1 Å².